The zero-order chi connectivity index (χ0) is 15.6. The van der Waals surface area contributed by atoms with Gasteiger partial charge in [-0.1, -0.05) is 18.6 Å². The van der Waals surface area contributed by atoms with Gasteiger partial charge in [-0.25, -0.2) is 0 Å². The monoisotopic (exact) mass is 297 g/mol. The van der Waals surface area contributed by atoms with Gasteiger partial charge in [0, 0.05) is 26.1 Å². The first-order valence-corrected chi connectivity index (χ1v) is 8.10. The Kier molecular flexibility index (Phi) is 4.17. The van der Waals surface area contributed by atoms with Crippen molar-refractivity contribution in [2.75, 3.05) is 20.1 Å². The summed E-state index contributed by atoms with van der Waals surface area (Å²) in [6, 6.07) is 9.98. The van der Waals surface area contributed by atoms with Crippen LogP contribution in [0.1, 0.15) is 36.8 Å². The Balaban J connectivity index is 1.66. The van der Waals surface area contributed by atoms with Gasteiger partial charge in [-0.15, -0.1) is 0 Å². The molecule has 1 saturated carbocycles. The lowest BCUT2D eigenvalue weighted by Crippen LogP contribution is -2.39. The highest BCUT2D eigenvalue weighted by molar-refractivity contribution is 5.79. The Morgan fingerprint density at radius 1 is 1.41 bits per heavy atom. The van der Waals surface area contributed by atoms with E-state index in [0.717, 1.165) is 32.5 Å². The third-order valence-electron chi connectivity index (χ3n) is 5.42. The lowest BCUT2D eigenvalue weighted by Gasteiger charge is -2.30. The van der Waals surface area contributed by atoms with E-state index in [-0.39, 0.29) is 17.2 Å². The van der Waals surface area contributed by atoms with Crippen LogP contribution in [0.25, 0.3) is 0 Å². The Labute approximate surface area is 132 Å². The normalized spacial score (nSPS) is 27.9. The Morgan fingerprint density at radius 2 is 2.18 bits per heavy atom. The second-order valence-electron chi connectivity index (χ2n) is 6.69. The van der Waals surface area contributed by atoms with Crippen molar-refractivity contribution in [2.24, 2.45) is 11.3 Å². The minimum atomic E-state index is 0.184. The third kappa shape index (κ3) is 2.74. The number of likely N-dealkylation sites (tertiary alicyclic amines) is 1. The van der Waals surface area contributed by atoms with Gasteiger partial charge >= 0.3 is 0 Å². The smallest absolute Gasteiger partial charge is 0.223 e. The van der Waals surface area contributed by atoms with Gasteiger partial charge in [-0.2, -0.15) is 5.26 Å². The number of nitriles is 1. The van der Waals surface area contributed by atoms with Crippen LogP contribution in [0.4, 0.5) is 0 Å². The summed E-state index contributed by atoms with van der Waals surface area (Å²) >= 11 is 0. The molecular formula is C18H23N3O. The molecule has 2 aliphatic rings. The van der Waals surface area contributed by atoms with Gasteiger partial charge < -0.3 is 5.32 Å². The van der Waals surface area contributed by atoms with Gasteiger partial charge in [0.2, 0.25) is 5.91 Å². The number of hydrogen-bond acceptors (Lipinski definition) is 3. The molecule has 1 aromatic rings. The fourth-order valence-electron chi connectivity index (χ4n) is 4.27. The van der Waals surface area contributed by atoms with Gasteiger partial charge in [0.15, 0.2) is 0 Å². The average Bonchev–Trinajstić information content (AvgIpc) is 3.15. The highest BCUT2D eigenvalue weighted by Gasteiger charge is 2.49. The Morgan fingerprint density at radius 3 is 2.86 bits per heavy atom. The molecular weight excluding hydrogens is 274 g/mol. The van der Waals surface area contributed by atoms with E-state index in [4.69, 9.17) is 5.26 Å². The molecule has 1 saturated heterocycles. The number of carbonyl (C=O) groups excluding carboxylic acids is 1. The molecule has 22 heavy (non-hydrogen) atoms. The first-order chi connectivity index (χ1) is 10.7. The molecule has 2 fully saturated rings. The number of carbonyl (C=O) groups is 1. The molecule has 0 bridgehead atoms. The van der Waals surface area contributed by atoms with Crippen molar-refractivity contribution >= 4 is 5.91 Å². The molecule has 1 aromatic carbocycles. The number of hydrogen-bond donors (Lipinski definition) is 1. The van der Waals surface area contributed by atoms with E-state index in [2.05, 4.69) is 16.3 Å². The lowest BCUT2D eigenvalue weighted by molar-refractivity contribution is -0.127. The quantitative estimate of drug-likeness (QED) is 0.931. The predicted molar refractivity (Wildman–Crippen MR) is 84.9 cm³/mol. The molecule has 116 valence electrons. The number of rotatable bonds is 3. The minimum absolute atomic E-state index is 0.184. The Hall–Kier alpha value is -1.86. The van der Waals surface area contributed by atoms with Crippen LogP contribution in [0.15, 0.2) is 24.3 Å². The molecule has 3 rings (SSSR count). The zero-order valence-electron chi connectivity index (χ0n) is 13.1. The van der Waals surface area contributed by atoms with Crippen molar-refractivity contribution in [1.82, 2.24) is 10.2 Å². The topological polar surface area (TPSA) is 56.1 Å². The number of amides is 1. The zero-order valence-corrected chi connectivity index (χ0v) is 13.1. The van der Waals surface area contributed by atoms with Crippen LogP contribution < -0.4 is 5.32 Å². The summed E-state index contributed by atoms with van der Waals surface area (Å²) in [5.41, 5.74) is 2.13. The standard InChI is InChI=1S/C18H23N3O/c1-20-17(22)16-3-2-8-18(16)9-10-21(13-18)12-15-6-4-14(11-19)5-7-15/h4-7,16H,2-3,8-10,12-13H2,1H3,(H,20,22)/t16-,18+/m0/s1. The van der Waals surface area contributed by atoms with Crippen LogP contribution in [-0.4, -0.2) is 30.9 Å². The van der Waals surface area contributed by atoms with Crippen LogP contribution in [0.3, 0.4) is 0 Å². The van der Waals surface area contributed by atoms with Crippen LogP contribution in [0, 0.1) is 22.7 Å². The summed E-state index contributed by atoms with van der Waals surface area (Å²) in [6.07, 6.45) is 4.50. The highest BCUT2D eigenvalue weighted by Crippen LogP contribution is 2.50. The van der Waals surface area contributed by atoms with Crippen molar-refractivity contribution in [3.8, 4) is 6.07 Å². The van der Waals surface area contributed by atoms with E-state index in [9.17, 15) is 4.79 Å². The van der Waals surface area contributed by atoms with E-state index in [1.54, 1.807) is 7.05 Å². The number of nitrogens with one attached hydrogen (secondary N) is 1. The summed E-state index contributed by atoms with van der Waals surface area (Å²) in [5.74, 6) is 0.404. The fraction of sp³-hybridized carbons (Fsp3) is 0.556. The van der Waals surface area contributed by atoms with Crippen LogP contribution in [0.5, 0.6) is 0 Å². The summed E-state index contributed by atoms with van der Waals surface area (Å²) < 4.78 is 0. The van der Waals surface area contributed by atoms with E-state index in [0.29, 0.717) is 5.56 Å². The van der Waals surface area contributed by atoms with Gasteiger partial charge in [0.25, 0.3) is 0 Å². The number of benzene rings is 1. The number of nitrogens with zero attached hydrogens (tertiary/aromatic N) is 2. The molecule has 1 amide bonds. The maximum absolute atomic E-state index is 12.2. The van der Waals surface area contributed by atoms with Gasteiger partial charge in [0.05, 0.1) is 11.6 Å². The maximum Gasteiger partial charge on any atom is 0.223 e. The molecule has 1 spiro atoms. The van der Waals surface area contributed by atoms with E-state index < -0.39 is 0 Å². The SMILES string of the molecule is CNC(=O)[C@@H]1CCC[C@]12CCN(Cc1ccc(C#N)cc1)C2. The largest absolute Gasteiger partial charge is 0.359 e. The first kappa shape index (κ1) is 15.1. The van der Waals surface area contributed by atoms with Crippen LogP contribution in [0.2, 0.25) is 0 Å². The van der Waals surface area contributed by atoms with E-state index in [1.807, 2.05) is 24.3 Å². The van der Waals surface area contributed by atoms with Gasteiger partial charge in [0.1, 0.15) is 0 Å². The predicted octanol–water partition coefficient (Wildman–Crippen LogP) is 2.30. The molecule has 4 nitrogen and oxygen atoms in total. The maximum atomic E-state index is 12.2. The van der Waals surface area contributed by atoms with Crippen molar-refractivity contribution < 1.29 is 4.79 Å². The first-order valence-electron chi connectivity index (χ1n) is 8.10. The summed E-state index contributed by atoms with van der Waals surface area (Å²) in [6.45, 7) is 2.99. The second kappa shape index (κ2) is 6.10. The van der Waals surface area contributed by atoms with Crippen molar-refractivity contribution in [2.45, 2.75) is 32.2 Å². The molecule has 1 heterocycles. The fourth-order valence-corrected chi connectivity index (χ4v) is 4.27. The molecule has 0 unspecified atom stereocenters. The van der Waals surface area contributed by atoms with Gasteiger partial charge in [-0.3, -0.25) is 9.69 Å². The molecule has 2 atom stereocenters. The molecule has 0 radical (unpaired) electrons. The van der Waals surface area contributed by atoms with E-state index in [1.165, 1.54) is 18.4 Å². The second-order valence-corrected chi connectivity index (χ2v) is 6.69. The van der Waals surface area contributed by atoms with Gasteiger partial charge in [-0.05, 0) is 48.9 Å². The molecule has 4 heteroatoms. The minimum Gasteiger partial charge on any atom is -0.359 e. The molecule has 1 aliphatic heterocycles. The average molecular weight is 297 g/mol. The van der Waals surface area contributed by atoms with Crippen molar-refractivity contribution in [1.29, 1.82) is 5.26 Å². The third-order valence-corrected chi connectivity index (χ3v) is 5.42. The highest BCUT2D eigenvalue weighted by atomic mass is 16.1. The Bertz CT molecular complexity index is 589. The molecule has 1 aliphatic carbocycles. The van der Waals surface area contributed by atoms with E-state index >= 15 is 0 Å². The lowest BCUT2D eigenvalue weighted by atomic mass is 9.76. The summed E-state index contributed by atoms with van der Waals surface area (Å²) in [4.78, 5) is 14.6. The molecule has 1 N–H and O–H groups in total. The molecule has 0 aromatic heterocycles. The van der Waals surface area contributed by atoms with Crippen LogP contribution >= 0.6 is 0 Å². The summed E-state index contributed by atoms with van der Waals surface area (Å²) in [7, 11) is 1.75. The van der Waals surface area contributed by atoms with Crippen molar-refractivity contribution in [3.05, 3.63) is 35.4 Å². The van der Waals surface area contributed by atoms with Crippen molar-refractivity contribution in [3.63, 3.8) is 0 Å². The van der Waals surface area contributed by atoms with Crippen LogP contribution in [-0.2, 0) is 11.3 Å². The summed E-state index contributed by atoms with van der Waals surface area (Å²) in [5, 5.41) is 11.7.